The highest BCUT2D eigenvalue weighted by Gasteiger charge is 2.20. The number of nitrogens with zero attached hydrogens (tertiary/aromatic N) is 4. The van der Waals surface area contributed by atoms with Gasteiger partial charge in [0.1, 0.15) is 0 Å². The molecule has 27 heavy (non-hydrogen) atoms. The smallest absolute Gasteiger partial charge is 0.269 e. The van der Waals surface area contributed by atoms with E-state index in [9.17, 15) is 9.59 Å². The van der Waals surface area contributed by atoms with E-state index >= 15 is 0 Å². The van der Waals surface area contributed by atoms with Crippen molar-refractivity contribution in [3.05, 3.63) is 65.2 Å². The quantitative estimate of drug-likeness (QED) is 0.501. The first-order chi connectivity index (χ1) is 13.0. The number of aromatic nitrogens is 4. The van der Waals surface area contributed by atoms with Crippen LogP contribution in [0.2, 0.25) is 5.02 Å². The number of carbonyl (C=O) groups excluding carboxylic acids is 2. The maximum absolute atomic E-state index is 12.3. The average molecular weight is 403 g/mol. The van der Waals surface area contributed by atoms with Crippen LogP contribution in [0.3, 0.4) is 0 Å². The minimum absolute atomic E-state index is 0.384. The normalized spacial score (nSPS) is 11.6. The Hall–Kier alpha value is -2.91. The summed E-state index contributed by atoms with van der Waals surface area (Å²) in [5, 5.41) is 11.9. The summed E-state index contributed by atoms with van der Waals surface area (Å²) in [7, 11) is 0. The summed E-state index contributed by atoms with van der Waals surface area (Å²) in [6, 6.07) is 15.6. The fourth-order valence-corrected chi connectivity index (χ4v) is 3.11. The van der Waals surface area contributed by atoms with Crippen molar-refractivity contribution in [2.45, 2.75) is 17.3 Å². The van der Waals surface area contributed by atoms with E-state index in [1.54, 1.807) is 61.5 Å². The predicted molar refractivity (Wildman–Crippen MR) is 102 cm³/mol. The molecule has 0 unspecified atom stereocenters. The molecule has 10 heteroatoms. The summed E-state index contributed by atoms with van der Waals surface area (Å²) in [6.45, 7) is 1.69. The Balaban J connectivity index is 1.61. The molecule has 0 aliphatic carbocycles. The molecule has 0 fully saturated rings. The van der Waals surface area contributed by atoms with Gasteiger partial charge in [0.15, 0.2) is 0 Å². The molecule has 0 saturated carbocycles. The fraction of sp³-hybridized carbons (Fsp3) is 0.118. The number of benzene rings is 2. The van der Waals surface area contributed by atoms with Crippen molar-refractivity contribution in [1.82, 2.24) is 31.1 Å². The summed E-state index contributed by atoms with van der Waals surface area (Å²) in [5.74, 6) is -0.783. The molecule has 2 aromatic carbocycles. The molecule has 0 radical (unpaired) electrons. The third-order valence-corrected chi connectivity index (χ3v) is 4.75. The van der Waals surface area contributed by atoms with Crippen LogP contribution >= 0.6 is 23.4 Å². The zero-order chi connectivity index (χ0) is 19.2. The molecule has 0 saturated heterocycles. The Bertz CT molecular complexity index is 949. The number of hydrogen-bond acceptors (Lipinski definition) is 6. The van der Waals surface area contributed by atoms with Crippen LogP contribution in [-0.4, -0.2) is 37.3 Å². The third-order valence-electron chi connectivity index (χ3n) is 3.48. The number of halogens is 1. The molecule has 138 valence electrons. The van der Waals surface area contributed by atoms with Gasteiger partial charge in [-0.2, -0.15) is 4.68 Å². The fourth-order valence-electron chi connectivity index (χ4n) is 2.12. The van der Waals surface area contributed by atoms with E-state index in [1.807, 2.05) is 0 Å². The second-order valence-corrected chi connectivity index (χ2v) is 7.17. The first kappa shape index (κ1) is 18.9. The topological polar surface area (TPSA) is 102 Å². The van der Waals surface area contributed by atoms with E-state index < -0.39 is 11.2 Å². The van der Waals surface area contributed by atoms with E-state index in [1.165, 1.54) is 4.68 Å². The summed E-state index contributed by atoms with van der Waals surface area (Å²) in [4.78, 5) is 24.2. The van der Waals surface area contributed by atoms with Crippen molar-refractivity contribution in [2.75, 3.05) is 0 Å². The van der Waals surface area contributed by atoms with Gasteiger partial charge in [0.25, 0.3) is 11.8 Å². The molecule has 0 aliphatic heterocycles. The summed E-state index contributed by atoms with van der Waals surface area (Å²) in [6.07, 6.45) is 0. The summed E-state index contributed by atoms with van der Waals surface area (Å²) >= 11 is 7.15. The summed E-state index contributed by atoms with van der Waals surface area (Å²) in [5.41, 5.74) is 5.92. The van der Waals surface area contributed by atoms with Crippen LogP contribution in [0.15, 0.2) is 59.8 Å². The highest BCUT2D eigenvalue weighted by Crippen LogP contribution is 2.23. The SMILES string of the molecule is C[C@@H](Sc1nnnn1-c1cccc(Cl)c1)C(=O)NNC(=O)c1ccccc1. The highest BCUT2D eigenvalue weighted by atomic mass is 35.5. The van der Waals surface area contributed by atoms with Gasteiger partial charge in [-0.15, -0.1) is 5.10 Å². The van der Waals surface area contributed by atoms with Crippen molar-refractivity contribution >= 4 is 35.2 Å². The molecule has 3 aromatic rings. The van der Waals surface area contributed by atoms with Gasteiger partial charge >= 0.3 is 0 Å². The zero-order valence-corrected chi connectivity index (χ0v) is 15.7. The molecule has 0 spiro atoms. The van der Waals surface area contributed by atoms with E-state index in [0.29, 0.717) is 21.4 Å². The minimum atomic E-state index is -0.551. The van der Waals surface area contributed by atoms with Gasteiger partial charge in [0, 0.05) is 10.6 Å². The second kappa shape index (κ2) is 8.65. The van der Waals surface area contributed by atoms with Crippen molar-refractivity contribution < 1.29 is 9.59 Å². The molecule has 0 aliphatic rings. The van der Waals surface area contributed by atoms with E-state index in [2.05, 4.69) is 26.4 Å². The summed E-state index contributed by atoms with van der Waals surface area (Å²) < 4.78 is 1.49. The number of hydrazine groups is 1. The molecule has 8 nitrogen and oxygen atoms in total. The standard InChI is InChI=1S/C17H15ClN6O2S/c1-11(15(25)19-20-16(26)12-6-3-2-4-7-12)27-17-21-22-23-24(17)14-9-5-8-13(18)10-14/h2-11H,1H3,(H,19,25)(H,20,26)/t11-/m1/s1. The maximum atomic E-state index is 12.3. The van der Waals surface area contributed by atoms with Gasteiger partial charge < -0.3 is 0 Å². The van der Waals surface area contributed by atoms with E-state index in [-0.39, 0.29) is 5.91 Å². The zero-order valence-electron chi connectivity index (χ0n) is 14.2. The molecule has 2 N–H and O–H groups in total. The highest BCUT2D eigenvalue weighted by molar-refractivity contribution is 8.00. The molecule has 2 amide bonds. The predicted octanol–water partition coefficient (Wildman–Crippen LogP) is 2.26. The first-order valence-electron chi connectivity index (χ1n) is 7.91. The van der Waals surface area contributed by atoms with Gasteiger partial charge in [0.05, 0.1) is 10.9 Å². The average Bonchev–Trinajstić information content (AvgIpc) is 3.14. The van der Waals surface area contributed by atoms with Crippen LogP contribution in [0.25, 0.3) is 5.69 Å². The Morgan fingerprint density at radius 1 is 1.11 bits per heavy atom. The molecule has 1 aromatic heterocycles. The van der Waals surface area contributed by atoms with Crippen molar-refractivity contribution in [1.29, 1.82) is 0 Å². The Morgan fingerprint density at radius 3 is 2.63 bits per heavy atom. The van der Waals surface area contributed by atoms with Crippen LogP contribution in [0.4, 0.5) is 0 Å². The Morgan fingerprint density at radius 2 is 1.89 bits per heavy atom. The number of amides is 2. The van der Waals surface area contributed by atoms with Crippen molar-refractivity contribution in [3.63, 3.8) is 0 Å². The van der Waals surface area contributed by atoms with Crippen LogP contribution in [0.1, 0.15) is 17.3 Å². The van der Waals surface area contributed by atoms with Gasteiger partial charge in [0.2, 0.25) is 5.16 Å². The van der Waals surface area contributed by atoms with Crippen molar-refractivity contribution in [3.8, 4) is 5.69 Å². The number of nitrogens with one attached hydrogen (secondary N) is 2. The molecule has 3 rings (SSSR count). The lowest BCUT2D eigenvalue weighted by atomic mass is 10.2. The molecule has 0 bridgehead atoms. The van der Waals surface area contributed by atoms with E-state index in [0.717, 1.165) is 11.8 Å². The molecular formula is C17H15ClN6O2S. The van der Waals surface area contributed by atoms with Crippen LogP contribution in [0, 0.1) is 0 Å². The third kappa shape index (κ3) is 4.83. The lowest BCUT2D eigenvalue weighted by Crippen LogP contribution is -2.44. The number of thioether (sulfide) groups is 1. The molecule has 1 heterocycles. The lowest BCUT2D eigenvalue weighted by Gasteiger charge is -2.12. The van der Waals surface area contributed by atoms with Crippen molar-refractivity contribution in [2.24, 2.45) is 0 Å². The minimum Gasteiger partial charge on any atom is -0.272 e. The lowest BCUT2D eigenvalue weighted by molar-refractivity contribution is -0.121. The maximum Gasteiger partial charge on any atom is 0.269 e. The van der Waals surface area contributed by atoms with Gasteiger partial charge in [-0.05, 0) is 47.7 Å². The van der Waals surface area contributed by atoms with Gasteiger partial charge in [-0.1, -0.05) is 47.6 Å². The van der Waals surface area contributed by atoms with Gasteiger partial charge in [-0.3, -0.25) is 20.4 Å². The monoisotopic (exact) mass is 402 g/mol. The Kier molecular flexibility index (Phi) is 6.05. The van der Waals surface area contributed by atoms with Crippen LogP contribution in [-0.2, 0) is 4.79 Å². The van der Waals surface area contributed by atoms with Crippen LogP contribution in [0.5, 0.6) is 0 Å². The largest absolute Gasteiger partial charge is 0.272 e. The number of carbonyl (C=O) groups is 2. The molecule has 1 atom stereocenters. The Labute approximate surface area is 164 Å². The second-order valence-electron chi connectivity index (χ2n) is 5.42. The van der Waals surface area contributed by atoms with Crippen LogP contribution < -0.4 is 10.9 Å². The molecular weight excluding hydrogens is 388 g/mol. The number of rotatable bonds is 5. The van der Waals surface area contributed by atoms with E-state index in [4.69, 9.17) is 11.6 Å². The van der Waals surface area contributed by atoms with Gasteiger partial charge in [-0.25, -0.2) is 0 Å². The number of hydrogen-bond donors (Lipinski definition) is 2. The number of tetrazole rings is 1. The first-order valence-corrected chi connectivity index (χ1v) is 9.16.